The smallest absolute Gasteiger partial charge is 0.261 e. The van der Waals surface area contributed by atoms with Gasteiger partial charge < -0.3 is 0 Å². The topological polar surface area (TPSA) is 93.3 Å². The molecular weight excluding hydrogens is 354 g/mol. The first-order valence-electron chi connectivity index (χ1n) is 8.66. The SMILES string of the molecule is C=CCc1c(C)nc(-c2ccccc2)nc1N/N=C/c1ccc([N+](=O)[O-])cc1. The summed E-state index contributed by atoms with van der Waals surface area (Å²) in [4.78, 5) is 19.5. The second-order valence-corrected chi connectivity index (χ2v) is 6.04. The van der Waals surface area contributed by atoms with Gasteiger partial charge in [0.05, 0.1) is 11.1 Å². The molecule has 28 heavy (non-hydrogen) atoms. The van der Waals surface area contributed by atoms with Crippen molar-refractivity contribution in [3.05, 3.63) is 94.2 Å². The van der Waals surface area contributed by atoms with Crippen LogP contribution >= 0.6 is 0 Å². The molecule has 0 spiro atoms. The Labute approximate surface area is 162 Å². The van der Waals surface area contributed by atoms with E-state index < -0.39 is 4.92 Å². The quantitative estimate of drug-likeness (QED) is 0.284. The van der Waals surface area contributed by atoms with E-state index in [1.165, 1.54) is 12.1 Å². The lowest BCUT2D eigenvalue weighted by Crippen LogP contribution is -2.05. The van der Waals surface area contributed by atoms with Gasteiger partial charge in [0.25, 0.3) is 5.69 Å². The highest BCUT2D eigenvalue weighted by Gasteiger charge is 2.11. The summed E-state index contributed by atoms with van der Waals surface area (Å²) in [6.07, 6.45) is 3.98. The van der Waals surface area contributed by atoms with Gasteiger partial charge in [-0.05, 0) is 31.0 Å². The second kappa shape index (κ2) is 8.68. The molecule has 0 amide bonds. The number of hydrogen-bond donors (Lipinski definition) is 1. The summed E-state index contributed by atoms with van der Waals surface area (Å²) in [5.74, 6) is 1.21. The molecule has 140 valence electrons. The van der Waals surface area contributed by atoms with Crippen LogP contribution < -0.4 is 5.43 Å². The maximum Gasteiger partial charge on any atom is 0.269 e. The lowest BCUT2D eigenvalue weighted by molar-refractivity contribution is -0.384. The molecule has 1 N–H and O–H groups in total. The Kier molecular flexibility index (Phi) is 5.86. The van der Waals surface area contributed by atoms with Crippen molar-refractivity contribution in [2.45, 2.75) is 13.3 Å². The number of rotatable bonds is 7. The summed E-state index contributed by atoms with van der Waals surface area (Å²) in [6, 6.07) is 15.9. The number of anilines is 1. The van der Waals surface area contributed by atoms with E-state index in [1.807, 2.05) is 37.3 Å². The molecule has 1 aromatic heterocycles. The van der Waals surface area contributed by atoms with Gasteiger partial charge in [0, 0.05) is 29.0 Å². The molecule has 0 saturated heterocycles. The fourth-order valence-corrected chi connectivity index (χ4v) is 2.64. The molecule has 0 aliphatic rings. The van der Waals surface area contributed by atoms with E-state index in [0.717, 1.165) is 22.4 Å². The number of nitrogens with one attached hydrogen (secondary N) is 1. The molecule has 7 nitrogen and oxygen atoms in total. The first-order valence-corrected chi connectivity index (χ1v) is 8.66. The van der Waals surface area contributed by atoms with Crippen molar-refractivity contribution in [1.82, 2.24) is 9.97 Å². The van der Waals surface area contributed by atoms with Crippen LogP contribution in [0, 0.1) is 17.0 Å². The van der Waals surface area contributed by atoms with Crippen molar-refractivity contribution in [1.29, 1.82) is 0 Å². The lowest BCUT2D eigenvalue weighted by Gasteiger charge is -2.11. The van der Waals surface area contributed by atoms with Crippen LogP contribution in [0.25, 0.3) is 11.4 Å². The van der Waals surface area contributed by atoms with Gasteiger partial charge in [-0.15, -0.1) is 6.58 Å². The number of hydrazone groups is 1. The summed E-state index contributed by atoms with van der Waals surface area (Å²) >= 11 is 0. The molecule has 0 aliphatic heterocycles. The van der Waals surface area contributed by atoms with Gasteiger partial charge in [0.1, 0.15) is 0 Å². The Bertz CT molecular complexity index is 1010. The number of nitro benzene ring substituents is 1. The Balaban J connectivity index is 1.87. The summed E-state index contributed by atoms with van der Waals surface area (Å²) in [5.41, 5.74) is 6.42. The van der Waals surface area contributed by atoms with Crippen LogP contribution in [0.5, 0.6) is 0 Å². The van der Waals surface area contributed by atoms with Crippen LogP contribution in [0.1, 0.15) is 16.8 Å². The summed E-state index contributed by atoms with van der Waals surface area (Å²) in [6.45, 7) is 5.72. The number of nitro groups is 1. The van der Waals surface area contributed by atoms with Gasteiger partial charge in [0.2, 0.25) is 0 Å². The molecule has 3 rings (SSSR count). The Morgan fingerprint density at radius 2 is 1.86 bits per heavy atom. The fraction of sp³-hybridized carbons (Fsp3) is 0.0952. The van der Waals surface area contributed by atoms with Gasteiger partial charge >= 0.3 is 0 Å². The monoisotopic (exact) mass is 373 g/mol. The maximum atomic E-state index is 10.7. The Morgan fingerprint density at radius 3 is 2.50 bits per heavy atom. The minimum Gasteiger partial charge on any atom is -0.261 e. The minimum absolute atomic E-state index is 0.0392. The molecule has 7 heteroatoms. The highest BCUT2D eigenvalue weighted by atomic mass is 16.6. The van der Waals surface area contributed by atoms with E-state index >= 15 is 0 Å². The Morgan fingerprint density at radius 1 is 1.14 bits per heavy atom. The molecule has 0 bridgehead atoms. The lowest BCUT2D eigenvalue weighted by atomic mass is 10.1. The van der Waals surface area contributed by atoms with Crippen LogP contribution in [0.2, 0.25) is 0 Å². The number of allylic oxidation sites excluding steroid dienone is 1. The van der Waals surface area contributed by atoms with Crippen LogP contribution in [-0.2, 0) is 6.42 Å². The first kappa shape index (κ1) is 18.9. The molecule has 0 radical (unpaired) electrons. The molecule has 0 unspecified atom stereocenters. The maximum absolute atomic E-state index is 10.7. The predicted molar refractivity (Wildman–Crippen MR) is 110 cm³/mol. The average molecular weight is 373 g/mol. The van der Waals surface area contributed by atoms with E-state index in [-0.39, 0.29) is 5.69 Å². The predicted octanol–water partition coefficient (Wildman–Crippen LogP) is 4.53. The number of hydrogen-bond acceptors (Lipinski definition) is 6. The van der Waals surface area contributed by atoms with Crippen LogP contribution in [0.4, 0.5) is 11.5 Å². The number of non-ortho nitro benzene ring substituents is 1. The molecule has 3 aromatic rings. The van der Waals surface area contributed by atoms with Crippen LogP contribution in [0.3, 0.4) is 0 Å². The van der Waals surface area contributed by atoms with Gasteiger partial charge in [-0.2, -0.15) is 5.10 Å². The second-order valence-electron chi connectivity index (χ2n) is 6.04. The first-order chi connectivity index (χ1) is 13.6. The van der Waals surface area contributed by atoms with E-state index in [1.54, 1.807) is 24.4 Å². The minimum atomic E-state index is -0.435. The van der Waals surface area contributed by atoms with E-state index in [0.29, 0.717) is 18.1 Å². The van der Waals surface area contributed by atoms with E-state index in [9.17, 15) is 10.1 Å². The van der Waals surface area contributed by atoms with E-state index in [4.69, 9.17) is 0 Å². The van der Waals surface area contributed by atoms with E-state index in [2.05, 4.69) is 27.1 Å². The fourth-order valence-electron chi connectivity index (χ4n) is 2.64. The molecule has 0 saturated carbocycles. The highest BCUT2D eigenvalue weighted by Crippen LogP contribution is 2.23. The largest absolute Gasteiger partial charge is 0.269 e. The average Bonchev–Trinajstić information content (AvgIpc) is 2.71. The third kappa shape index (κ3) is 4.45. The van der Waals surface area contributed by atoms with Crippen molar-refractivity contribution >= 4 is 17.7 Å². The molecule has 2 aromatic carbocycles. The van der Waals surface area contributed by atoms with Gasteiger partial charge in [-0.3, -0.25) is 15.5 Å². The summed E-state index contributed by atoms with van der Waals surface area (Å²) in [7, 11) is 0. The van der Waals surface area contributed by atoms with Crippen LogP contribution in [-0.4, -0.2) is 21.1 Å². The van der Waals surface area contributed by atoms with Crippen molar-refractivity contribution in [3.63, 3.8) is 0 Å². The Hall–Kier alpha value is -3.87. The molecule has 1 heterocycles. The van der Waals surface area contributed by atoms with Gasteiger partial charge in [-0.25, -0.2) is 9.97 Å². The molecule has 0 aliphatic carbocycles. The third-order valence-electron chi connectivity index (χ3n) is 4.08. The zero-order chi connectivity index (χ0) is 19.9. The third-order valence-corrected chi connectivity index (χ3v) is 4.08. The summed E-state index contributed by atoms with van der Waals surface area (Å²) < 4.78 is 0. The van der Waals surface area contributed by atoms with Gasteiger partial charge in [0.15, 0.2) is 11.6 Å². The normalized spacial score (nSPS) is 10.8. The zero-order valence-electron chi connectivity index (χ0n) is 15.4. The standard InChI is InChI=1S/C21H19N5O2/c1-3-7-19-15(2)23-20(17-8-5-4-6-9-17)24-21(19)25-22-14-16-10-12-18(13-11-16)26(27)28/h3-6,8-14H,1,7H2,2H3,(H,23,24,25)/b22-14+. The number of nitrogens with zero attached hydrogens (tertiary/aromatic N) is 4. The molecular formula is C21H19N5O2. The van der Waals surface area contributed by atoms with Gasteiger partial charge in [-0.1, -0.05) is 36.4 Å². The van der Waals surface area contributed by atoms with Crippen molar-refractivity contribution in [2.24, 2.45) is 5.10 Å². The number of aryl methyl sites for hydroxylation is 1. The van der Waals surface area contributed by atoms with Crippen molar-refractivity contribution in [3.8, 4) is 11.4 Å². The number of benzene rings is 2. The molecule has 0 fully saturated rings. The zero-order valence-corrected chi connectivity index (χ0v) is 15.4. The van der Waals surface area contributed by atoms with Crippen molar-refractivity contribution < 1.29 is 4.92 Å². The van der Waals surface area contributed by atoms with Crippen molar-refractivity contribution in [2.75, 3.05) is 5.43 Å². The number of aromatic nitrogens is 2. The molecule has 0 atom stereocenters. The highest BCUT2D eigenvalue weighted by molar-refractivity contribution is 5.80. The van der Waals surface area contributed by atoms with Crippen LogP contribution in [0.15, 0.2) is 72.4 Å². The summed E-state index contributed by atoms with van der Waals surface area (Å²) in [5, 5.41) is 15.0.